The van der Waals surface area contributed by atoms with E-state index in [0.717, 1.165) is 28.0 Å². The summed E-state index contributed by atoms with van der Waals surface area (Å²) in [7, 11) is 0. The molecule has 4 heterocycles. The molecule has 0 unspecified atom stereocenters. The number of thiazole rings is 1. The number of benzene rings is 2. The molecule has 0 radical (unpaired) electrons. The van der Waals surface area contributed by atoms with Gasteiger partial charge in [0, 0.05) is 23.4 Å². The normalized spacial score (nSPS) is 23.0. The molecule has 214 valence electrons. The highest BCUT2D eigenvalue weighted by Crippen LogP contribution is 2.39. The van der Waals surface area contributed by atoms with Gasteiger partial charge in [0.25, 0.3) is 0 Å². The van der Waals surface area contributed by atoms with Crippen molar-refractivity contribution in [2.45, 2.75) is 44.3 Å². The second-order valence-corrected chi connectivity index (χ2v) is 10.8. The van der Waals surface area contributed by atoms with Gasteiger partial charge in [0.15, 0.2) is 29.1 Å². The molecule has 3 N–H and O–H groups in total. The second-order valence-electron chi connectivity index (χ2n) is 9.61. The average Bonchev–Trinajstić information content (AvgIpc) is 3.65. The Morgan fingerprint density at radius 3 is 2.54 bits per heavy atom. The van der Waals surface area contributed by atoms with Crippen LogP contribution in [-0.4, -0.2) is 69.8 Å². The van der Waals surface area contributed by atoms with E-state index >= 15 is 4.39 Å². The van der Waals surface area contributed by atoms with Crippen LogP contribution in [0.4, 0.5) is 17.6 Å². The lowest BCUT2D eigenvalue weighted by atomic mass is 9.92. The van der Waals surface area contributed by atoms with Gasteiger partial charge in [0.05, 0.1) is 28.0 Å². The van der Waals surface area contributed by atoms with E-state index in [-0.39, 0.29) is 28.5 Å². The molecule has 10 nitrogen and oxygen atoms in total. The van der Waals surface area contributed by atoms with Crippen molar-refractivity contribution in [3.05, 3.63) is 76.6 Å². The fourth-order valence-electron chi connectivity index (χ4n) is 5.02. The number of halogens is 4. The quantitative estimate of drug-likeness (QED) is 0.210. The number of fused-ring (bicyclic) bond motifs is 1. The zero-order valence-corrected chi connectivity index (χ0v) is 22.2. The van der Waals surface area contributed by atoms with Gasteiger partial charge < -0.3 is 20.1 Å². The third kappa shape index (κ3) is 4.59. The van der Waals surface area contributed by atoms with Gasteiger partial charge in [-0.1, -0.05) is 0 Å². The van der Waals surface area contributed by atoms with Gasteiger partial charge in [-0.2, -0.15) is 10.2 Å². The Morgan fingerprint density at radius 2 is 1.78 bits per heavy atom. The summed E-state index contributed by atoms with van der Waals surface area (Å²) in [4.78, 5) is 8.65. The van der Waals surface area contributed by atoms with Crippen molar-refractivity contribution in [3.63, 3.8) is 0 Å². The van der Waals surface area contributed by atoms with Crippen LogP contribution in [0, 0.1) is 37.1 Å². The van der Waals surface area contributed by atoms with Crippen molar-refractivity contribution in [1.82, 2.24) is 29.5 Å². The minimum absolute atomic E-state index is 0.0103. The minimum Gasteiger partial charge on any atom is -0.394 e. The maximum absolute atomic E-state index is 15.3. The number of hydrogen-bond donors (Lipinski definition) is 3. The molecule has 1 aliphatic heterocycles. The van der Waals surface area contributed by atoms with E-state index < -0.39 is 60.3 Å². The molecule has 0 amide bonds. The summed E-state index contributed by atoms with van der Waals surface area (Å²) in [5.41, 5.74) is 0.238. The molecule has 5 atom stereocenters. The maximum Gasteiger partial charge on any atom is 0.195 e. The molecule has 0 saturated carbocycles. The van der Waals surface area contributed by atoms with Crippen molar-refractivity contribution < 1.29 is 37.6 Å². The fourth-order valence-corrected chi connectivity index (χ4v) is 5.87. The highest BCUT2D eigenvalue weighted by atomic mass is 32.1. The zero-order valence-electron chi connectivity index (χ0n) is 21.4. The van der Waals surface area contributed by atoms with Crippen molar-refractivity contribution in [1.29, 1.82) is 0 Å². The SMILES string of the molecule is Cc1nc([C@@H]2O[C@H](CO)[C@H](O)[C@H](n3cc(-c4ccc(F)c(F)c4F)cn3)[C@H]2O)n(-c2cc3sc(C)nc3cc2F)n1. The zero-order chi connectivity index (χ0) is 29.2. The van der Waals surface area contributed by atoms with Gasteiger partial charge in [0.2, 0.25) is 0 Å². The summed E-state index contributed by atoms with van der Waals surface area (Å²) in [5.74, 6) is -4.88. The number of hydrogen-bond acceptors (Lipinski definition) is 9. The number of aryl methyl sites for hydroxylation is 2. The maximum atomic E-state index is 15.3. The molecule has 0 aliphatic carbocycles. The molecule has 0 spiro atoms. The number of rotatable bonds is 5. The van der Waals surface area contributed by atoms with E-state index in [9.17, 15) is 28.5 Å². The van der Waals surface area contributed by atoms with E-state index in [4.69, 9.17) is 4.74 Å². The van der Waals surface area contributed by atoms with E-state index in [1.54, 1.807) is 19.9 Å². The van der Waals surface area contributed by atoms with Gasteiger partial charge in [-0.15, -0.1) is 11.3 Å². The van der Waals surface area contributed by atoms with E-state index in [1.165, 1.54) is 28.3 Å². The Labute approximate surface area is 233 Å². The molecule has 6 rings (SSSR count). The van der Waals surface area contributed by atoms with E-state index in [0.29, 0.717) is 10.2 Å². The highest BCUT2D eigenvalue weighted by Gasteiger charge is 2.48. The van der Waals surface area contributed by atoms with Crippen LogP contribution in [0.5, 0.6) is 0 Å². The van der Waals surface area contributed by atoms with E-state index in [1.807, 2.05) is 0 Å². The van der Waals surface area contributed by atoms with Crippen molar-refractivity contribution in [3.8, 4) is 16.8 Å². The molecular weight excluding hydrogens is 568 g/mol. The molecular formula is C26H22F4N6O4S. The van der Waals surface area contributed by atoms with Crippen LogP contribution >= 0.6 is 11.3 Å². The molecule has 1 aliphatic rings. The molecule has 2 aromatic carbocycles. The minimum atomic E-state index is -1.66. The summed E-state index contributed by atoms with van der Waals surface area (Å²) in [6.07, 6.45) is -3.30. The van der Waals surface area contributed by atoms with Crippen LogP contribution in [0.3, 0.4) is 0 Å². The molecule has 1 fully saturated rings. The molecule has 3 aromatic heterocycles. The Bertz CT molecular complexity index is 1770. The monoisotopic (exact) mass is 590 g/mol. The van der Waals surface area contributed by atoms with Gasteiger partial charge in [0.1, 0.15) is 42.0 Å². The Morgan fingerprint density at radius 1 is 1.00 bits per heavy atom. The summed E-state index contributed by atoms with van der Waals surface area (Å²) >= 11 is 1.35. The predicted octanol–water partition coefficient (Wildman–Crippen LogP) is 3.31. The first-order valence-electron chi connectivity index (χ1n) is 12.4. The van der Waals surface area contributed by atoms with Crippen LogP contribution in [0.15, 0.2) is 36.7 Å². The Hall–Kier alpha value is -3.76. The fraction of sp³-hybridized carbons (Fsp3) is 0.308. The third-order valence-corrected chi connectivity index (χ3v) is 7.86. The van der Waals surface area contributed by atoms with Crippen LogP contribution in [0.25, 0.3) is 27.0 Å². The van der Waals surface area contributed by atoms with Crippen molar-refractivity contribution in [2.75, 3.05) is 6.61 Å². The topological polar surface area (TPSA) is 131 Å². The molecule has 1 saturated heterocycles. The first-order valence-corrected chi connectivity index (χ1v) is 13.2. The van der Waals surface area contributed by atoms with Gasteiger partial charge >= 0.3 is 0 Å². The van der Waals surface area contributed by atoms with Gasteiger partial charge in [-0.3, -0.25) is 4.68 Å². The molecule has 41 heavy (non-hydrogen) atoms. The third-order valence-electron chi connectivity index (χ3n) is 6.93. The standard InChI is InChI=1S/C26H22F4N6O4S/c1-10-32-26(36(34-10)17-6-19-16(5-15(17)28)33-11(2)41-19)25-24(39)22(23(38)18(9-37)40-25)35-8-12(7-31-35)13-3-4-14(27)21(30)20(13)29/h3-8,18,22-25,37-39H,9H2,1-2H3/t18-,22+,23+,24-,25-/m1/s1. The largest absolute Gasteiger partial charge is 0.394 e. The van der Waals surface area contributed by atoms with Crippen molar-refractivity contribution >= 4 is 21.6 Å². The summed E-state index contributed by atoms with van der Waals surface area (Å²) in [6.45, 7) is 2.69. The van der Waals surface area contributed by atoms with Crippen molar-refractivity contribution in [2.24, 2.45) is 0 Å². The summed E-state index contributed by atoms with van der Waals surface area (Å²) in [5, 5.41) is 41.6. The lowest BCUT2D eigenvalue weighted by Crippen LogP contribution is -2.53. The van der Waals surface area contributed by atoms with Crippen LogP contribution in [0.1, 0.15) is 28.8 Å². The first kappa shape index (κ1) is 27.4. The highest BCUT2D eigenvalue weighted by molar-refractivity contribution is 7.18. The van der Waals surface area contributed by atoms with Gasteiger partial charge in [-0.05, 0) is 32.0 Å². The number of nitrogens with zero attached hydrogens (tertiary/aromatic N) is 6. The number of aliphatic hydroxyl groups excluding tert-OH is 3. The lowest BCUT2D eigenvalue weighted by molar-refractivity contribution is -0.210. The number of ether oxygens (including phenoxy) is 1. The predicted molar refractivity (Wildman–Crippen MR) is 137 cm³/mol. The van der Waals surface area contributed by atoms with Crippen LogP contribution in [-0.2, 0) is 4.74 Å². The lowest BCUT2D eigenvalue weighted by Gasteiger charge is -2.41. The average molecular weight is 591 g/mol. The molecule has 15 heteroatoms. The summed E-state index contributed by atoms with van der Waals surface area (Å²) in [6, 6.07) is 3.33. The van der Waals surface area contributed by atoms with Crippen LogP contribution in [0.2, 0.25) is 0 Å². The number of aromatic nitrogens is 6. The Kier molecular flexibility index (Phi) is 6.86. The van der Waals surface area contributed by atoms with Gasteiger partial charge in [-0.25, -0.2) is 32.2 Å². The number of aliphatic hydroxyl groups is 3. The molecule has 5 aromatic rings. The first-order chi connectivity index (χ1) is 19.6. The smallest absolute Gasteiger partial charge is 0.195 e. The second kappa shape index (κ2) is 10.3. The van der Waals surface area contributed by atoms with E-state index in [2.05, 4.69) is 20.2 Å². The van der Waals surface area contributed by atoms with Crippen LogP contribution < -0.4 is 0 Å². The summed E-state index contributed by atoms with van der Waals surface area (Å²) < 4.78 is 65.8. The Balaban J connectivity index is 1.41. The molecule has 0 bridgehead atoms.